The Morgan fingerprint density at radius 3 is 2.28 bits per heavy atom. The van der Waals surface area contributed by atoms with Crippen molar-refractivity contribution >= 4 is 17.6 Å². The van der Waals surface area contributed by atoms with Gasteiger partial charge in [0.25, 0.3) is 0 Å². The Kier molecular flexibility index (Phi) is 4.79. The third-order valence-corrected chi connectivity index (χ3v) is 5.26. The van der Waals surface area contributed by atoms with E-state index in [1.54, 1.807) is 11.8 Å². The molecule has 0 saturated heterocycles. The Morgan fingerprint density at radius 1 is 0.840 bits per heavy atom. The Balaban J connectivity index is 1.57. The van der Waals surface area contributed by atoms with Gasteiger partial charge < -0.3 is 5.32 Å². The highest BCUT2D eigenvalue weighted by Crippen LogP contribution is 2.36. The first-order chi connectivity index (χ1) is 12.4. The zero-order chi connectivity index (χ0) is 16.9. The quantitative estimate of drug-likeness (QED) is 0.684. The zero-order valence-corrected chi connectivity index (χ0v) is 14.6. The maximum Gasteiger partial charge on any atom is 0.108 e. The molecule has 25 heavy (non-hydrogen) atoms. The van der Waals surface area contributed by atoms with Gasteiger partial charge in [-0.2, -0.15) is 0 Å². The van der Waals surface area contributed by atoms with Crippen molar-refractivity contribution in [2.24, 2.45) is 4.99 Å². The minimum absolute atomic E-state index is 0.0803. The van der Waals surface area contributed by atoms with Crippen LogP contribution < -0.4 is 5.32 Å². The number of nitrogens with zero attached hydrogens (tertiary/aromatic N) is 2. The lowest BCUT2D eigenvalue weighted by Crippen LogP contribution is -2.25. The number of aromatic nitrogens is 1. The molecule has 2 atom stereocenters. The molecule has 4 rings (SSSR count). The summed E-state index contributed by atoms with van der Waals surface area (Å²) >= 11 is 1.80. The SMILES string of the molecule is c1ccc(SCC2=N[C@@H](c3ccccc3)[C@@H](c3cccnc3)N2)cc1. The molecule has 1 aliphatic rings. The highest BCUT2D eigenvalue weighted by atomic mass is 32.2. The lowest BCUT2D eigenvalue weighted by Gasteiger charge is -2.19. The maximum atomic E-state index is 4.99. The highest BCUT2D eigenvalue weighted by Gasteiger charge is 2.31. The summed E-state index contributed by atoms with van der Waals surface area (Å²) in [6.07, 6.45) is 3.74. The largest absolute Gasteiger partial charge is 0.364 e. The van der Waals surface area contributed by atoms with Crippen LogP contribution in [-0.2, 0) is 0 Å². The third-order valence-electron chi connectivity index (χ3n) is 4.24. The standard InChI is InChI=1S/C21H19N3S/c1-3-8-16(9-4-1)20-21(17-10-7-13-22-14-17)24-19(23-20)15-25-18-11-5-2-6-12-18/h1-14,20-21H,15H2,(H,23,24)/t20-,21+/m0/s1. The van der Waals surface area contributed by atoms with Crippen molar-refractivity contribution in [1.82, 2.24) is 10.3 Å². The molecule has 3 nitrogen and oxygen atoms in total. The van der Waals surface area contributed by atoms with Gasteiger partial charge in [0.05, 0.1) is 11.8 Å². The Morgan fingerprint density at radius 2 is 1.56 bits per heavy atom. The number of pyridine rings is 1. The van der Waals surface area contributed by atoms with E-state index in [0.29, 0.717) is 0 Å². The van der Waals surface area contributed by atoms with Gasteiger partial charge in [0.2, 0.25) is 0 Å². The van der Waals surface area contributed by atoms with E-state index in [0.717, 1.165) is 11.6 Å². The molecule has 1 N–H and O–H groups in total. The molecule has 124 valence electrons. The fraction of sp³-hybridized carbons (Fsp3) is 0.143. The first-order valence-corrected chi connectivity index (χ1v) is 9.34. The fourth-order valence-electron chi connectivity index (χ4n) is 3.03. The predicted octanol–water partition coefficient (Wildman–Crippen LogP) is 4.66. The van der Waals surface area contributed by atoms with Gasteiger partial charge in [0.1, 0.15) is 11.9 Å². The van der Waals surface area contributed by atoms with Gasteiger partial charge in [0.15, 0.2) is 0 Å². The van der Waals surface area contributed by atoms with Crippen LogP contribution >= 0.6 is 11.8 Å². The summed E-state index contributed by atoms with van der Waals surface area (Å²) in [5.74, 6) is 1.88. The molecule has 2 heterocycles. The van der Waals surface area contributed by atoms with Crippen molar-refractivity contribution in [2.75, 3.05) is 5.75 Å². The molecule has 1 aromatic heterocycles. The van der Waals surface area contributed by atoms with Crippen molar-refractivity contribution in [3.8, 4) is 0 Å². The smallest absolute Gasteiger partial charge is 0.108 e. The summed E-state index contributed by atoms with van der Waals surface area (Å²) in [7, 11) is 0. The molecule has 0 saturated carbocycles. The van der Waals surface area contributed by atoms with Crippen molar-refractivity contribution < 1.29 is 0 Å². The molecule has 2 aromatic carbocycles. The molecule has 0 bridgehead atoms. The number of rotatable bonds is 5. The van der Waals surface area contributed by atoms with Gasteiger partial charge in [-0.1, -0.05) is 54.6 Å². The van der Waals surface area contributed by atoms with Crippen LogP contribution in [0.15, 0.2) is 95.1 Å². The molecule has 0 unspecified atom stereocenters. The van der Waals surface area contributed by atoms with Crippen LogP contribution in [0.3, 0.4) is 0 Å². The minimum atomic E-state index is 0.0803. The Hall–Kier alpha value is -2.59. The molecule has 4 heteroatoms. The van der Waals surface area contributed by atoms with Crippen LogP contribution in [0.4, 0.5) is 0 Å². The number of aliphatic imine (C=N–C) groups is 1. The van der Waals surface area contributed by atoms with E-state index in [4.69, 9.17) is 4.99 Å². The first-order valence-electron chi connectivity index (χ1n) is 8.36. The van der Waals surface area contributed by atoms with E-state index in [2.05, 4.69) is 64.9 Å². The van der Waals surface area contributed by atoms with Gasteiger partial charge in [-0.15, -0.1) is 11.8 Å². The number of nitrogens with one attached hydrogen (secondary N) is 1. The summed E-state index contributed by atoms with van der Waals surface area (Å²) in [4.78, 5) is 10.5. The number of benzene rings is 2. The second-order valence-corrected chi connectivity index (χ2v) is 6.99. The molecule has 0 amide bonds. The van der Waals surface area contributed by atoms with Gasteiger partial charge >= 0.3 is 0 Å². The van der Waals surface area contributed by atoms with Crippen LogP contribution in [0.1, 0.15) is 23.2 Å². The molecule has 3 aromatic rings. The number of hydrogen-bond acceptors (Lipinski definition) is 4. The summed E-state index contributed by atoms with van der Waals surface area (Å²) in [6, 6.07) is 25.2. The first kappa shape index (κ1) is 15.9. The van der Waals surface area contributed by atoms with Crippen molar-refractivity contribution in [1.29, 1.82) is 0 Å². The van der Waals surface area contributed by atoms with Gasteiger partial charge in [-0.05, 0) is 29.3 Å². The number of hydrogen-bond donors (Lipinski definition) is 1. The third kappa shape index (κ3) is 3.74. The van der Waals surface area contributed by atoms with Crippen LogP contribution in [0.5, 0.6) is 0 Å². The van der Waals surface area contributed by atoms with Gasteiger partial charge in [-0.3, -0.25) is 9.98 Å². The van der Waals surface area contributed by atoms with E-state index in [1.807, 2.05) is 30.6 Å². The van der Waals surface area contributed by atoms with E-state index >= 15 is 0 Å². The Bertz CT molecular complexity index is 835. The summed E-state index contributed by atoms with van der Waals surface area (Å²) in [6.45, 7) is 0. The molecule has 0 fully saturated rings. The van der Waals surface area contributed by atoms with E-state index in [1.165, 1.54) is 16.0 Å². The second kappa shape index (κ2) is 7.53. The van der Waals surface area contributed by atoms with Gasteiger partial charge in [0, 0.05) is 17.3 Å². The summed E-state index contributed by atoms with van der Waals surface area (Å²) < 4.78 is 0. The average molecular weight is 345 g/mol. The molecule has 0 spiro atoms. The topological polar surface area (TPSA) is 37.3 Å². The normalized spacial score (nSPS) is 19.3. The monoisotopic (exact) mass is 345 g/mol. The van der Waals surface area contributed by atoms with Crippen molar-refractivity contribution in [3.63, 3.8) is 0 Å². The number of amidine groups is 1. The molecular weight excluding hydrogens is 326 g/mol. The molecule has 0 aliphatic carbocycles. The predicted molar refractivity (Wildman–Crippen MR) is 104 cm³/mol. The maximum absolute atomic E-state index is 4.99. The average Bonchev–Trinajstić information content (AvgIpc) is 3.13. The Labute approximate surface area is 152 Å². The van der Waals surface area contributed by atoms with E-state index < -0.39 is 0 Å². The molecular formula is C21H19N3S. The van der Waals surface area contributed by atoms with Crippen molar-refractivity contribution in [2.45, 2.75) is 17.0 Å². The van der Waals surface area contributed by atoms with Crippen molar-refractivity contribution in [3.05, 3.63) is 96.3 Å². The minimum Gasteiger partial charge on any atom is -0.364 e. The number of thioether (sulfide) groups is 1. The van der Waals surface area contributed by atoms with Crippen LogP contribution in [0.2, 0.25) is 0 Å². The molecule has 0 radical (unpaired) electrons. The van der Waals surface area contributed by atoms with E-state index in [-0.39, 0.29) is 12.1 Å². The van der Waals surface area contributed by atoms with Crippen LogP contribution in [0, 0.1) is 0 Å². The fourth-order valence-corrected chi connectivity index (χ4v) is 3.84. The lowest BCUT2D eigenvalue weighted by molar-refractivity contribution is 0.570. The van der Waals surface area contributed by atoms with Crippen LogP contribution in [0.25, 0.3) is 0 Å². The second-order valence-electron chi connectivity index (χ2n) is 5.94. The highest BCUT2D eigenvalue weighted by molar-refractivity contribution is 8.00. The zero-order valence-electron chi connectivity index (χ0n) is 13.7. The van der Waals surface area contributed by atoms with Crippen LogP contribution in [-0.4, -0.2) is 16.6 Å². The molecule has 1 aliphatic heterocycles. The lowest BCUT2D eigenvalue weighted by atomic mass is 9.96. The summed E-state index contributed by atoms with van der Waals surface area (Å²) in [5, 5.41) is 3.62. The van der Waals surface area contributed by atoms with E-state index in [9.17, 15) is 0 Å². The van der Waals surface area contributed by atoms with Gasteiger partial charge in [-0.25, -0.2) is 0 Å². The summed E-state index contributed by atoms with van der Waals surface area (Å²) in [5.41, 5.74) is 2.39.